The van der Waals surface area contributed by atoms with E-state index in [0.717, 1.165) is 32.5 Å². The lowest BCUT2D eigenvalue weighted by atomic mass is 9.99. The van der Waals surface area contributed by atoms with E-state index in [1.165, 1.54) is 0 Å². The third-order valence-electron chi connectivity index (χ3n) is 3.06. The molecular weight excluding hydrogens is 212 g/mol. The minimum atomic E-state index is -0.676. The van der Waals surface area contributed by atoms with Crippen LogP contribution in [-0.4, -0.2) is 55.1 Å². The maximum absolute atomic E-state index is 8.85. The Morgan fingerprint density at radius 2 is 2.00 bits per heavy atom. The lowest BCUT2D eigenvalue weighted by Gasteiger charge is -2.30. The zero-order valence-corrected chi connectivity index (χ0v) is 12.0. The predicted octanol–water partition coefficient (Wildman–Crippen LogP) is 1.28. The molecule has 0 spiro atoms. The van der Waals surface area contributed by atoms with Gasteiger partial charge in [-0.15, -0.1) is 0 Å². The standard InChI is InChI=1S/C13H28N4/c1-6-17(12(2)10-16(4)5)9-7-8-13(3,15)11-14/h12H,6-10,15H2,1-5H3. The molecule has 2 atom stereocenters. The summed E-state index contributed by atoms with van der Waals surface area (Å²) in [6.07, 6.45) is 1.74. The molecule has 100 valence electrons. The Bertz CT molecular complexity index is 242. The van der Waals surface area contributed by atoms with Gasteiger partial charge in [0.25, 0.3) is 0 Å². The van der Waals surface area contributed by atoms with Gasteiger partial charge in [0, 0.05) is 12.6 Å². The summed E-state index contributed by atoms with van der Waals surface area (Å²) in [7, 11) is 4.19. The van der Waals surface area contributed by atoms with Crippen molar-refractivity contribution in [3.05, 3.63) is 0 Å². The Morgan fingerprint density at radius 3 is 2.41 bits per heavy atom. The molecule has 4 nitrogen and oxygen atoms in total. The first kappa shape index (κ1) is 16.4. The Balaban J connectivity index is 4.03. The van der Waals surface area contributed by atoms with Crippen LogP contribution >= 0.6 is 0 Å². The van der Waals surface area contributed by atoms with Crippen molar-refractivity contribution in [2.75, 3.05) is 33.7 Å². The molecule has 0 aliphatic rings. The molecule has 0 aliphatic heterocycles. The van der Waals surface area contributed by atoms with E-state index in [4.69, 9.17) is 11.0 Å². The number of hydrogen-bond acceptors (Lipinski definition) is 4. The number of hydrogen-bond donors (Lipinski definition) is 1. The Labute approximate surface area is 106 Å². The van der Waals surface area contributed by atoms with Crippen LogP contribution in [0.15, 0.2) is 0 Å². The topological polar surface area (TPSA) is 56.3 Å². The normalized spacial score (nSPS) is 16.9. The second-order valence-electron chi connectivity index (χ2n) is 5.37. The highest BCUT2D eigenvalue weighted by Crippen LogP contribution is 2.09. The van der Waals surface area contributed by atoms with E-state index in [2.05, 4.69) is 43.8 Å². The van der Waals surface area contributed by atoms with E-state index in [1.807, 2.05) is 0 Å². The summed E-state index contributed by atoms with van der Waals surface area (Å²) in [6.45, 7) is 9.34. The molecule has 2 unspecified atom stereocenters. The molecule has 0 saturated carbocycles. The molecule has 0 heterocycles. The number of rotatable bonds is 8. The van der Waals surface area contributed by atoms with Gasteiger partial charge in [0.1, 0.15) is 5.54 Å². The van der Waals surface area contributed by atoms with Crippen LogP contribution < -0.4 is 5.73 Å². The van der Waals surface area contributed by atoms with Crippen LogP contribution in [0.1, 0.15) is 33.6 Å². The second kappa shape index (κ2) is 7.65. The summed E-state index contributed by atoms with van der Waals surface area (Å²) in [5.74, 6) is 0. The van der Waals surface area contributed by atoms with Gasteiger partial charge >= 0.3 is 0 Å². The van der Waals surface area contributed by atoms with Crippen LogP contribution in [0.5, 0.6) is 0 Å². The molecule has 0 bridgehead atoms. The van der Waals surface area contributed by atoms with Crippen molar-refractivity contribution in [1.82, 2.24) is 9.80 Å². The fraction of sp³-hybridized carbons (Fsp3) is 0.923. The third-order valence-corrected chi connectivity index (χ3v) is 3.06. The first-order valence-corrected chi connectivity index (χ1v) is 6.41. The van der Waals surface area contributed by atoms with Crippen LogP contribution in [0.2, 0.25) is 0 Å². The Morgan fingerprint density at radius 1 is 1.41 bits per heavy atom. The summed E-state index contributed by atoms with van der Waals surface area (Å²) < 4.78 is 0. The summed E-state index contributed by atoms with van der Waals surface area (Å²) in [6, 6.07) is 2.69. The largest absolute Gasteiger partial charge is 0.314 e. The van der Waals surface area contributed by atoms with Gasteiger partial charge < -0.3 is 10.6 Å². The molecule has 0 aromatic heterocycles. The number of nitrogens with two attached hydrogens (primary N) is 1. The van der Waals surface area contributed by atoms with Gasteiger partial charge in [-0.25, -0.2) is 0 Å². The van der Waals surface area contributed by atoms with Gasteiger partial charge in [-0.2, -0.15) is 5.26 Å². The first-order chi connectivity index (χ1) is 7.82. The van der Waals surface area contributed by atoms with Crippen molar-refractivity contribution >= 4 is 0 Å². The minimum Gasteiger partial charge on any atom is -0.314 e. The molecular formula is C13H28N4. The van der Waals surface area contributed by atoms with E-state index in [1.54, 1.807) is 6.92 Å². The van der Waals surface area contributed by atoms with E-state index in [0.29, 0.717) is 6.04 Å². The van der Waals surface area contributed by atoms with E-state index >= 15 is 0 Å². The highest BCUT2D eigenvalue weighted by molar-refractivity contribution is 5.00. The van der Waals surface area contributed by atoms with Crippen molar-refractivity contribution in [2.24, 2.45) is 5.73 Å². The molecule has 17 heavy (non-hydrogen) atoms. The molecule has 0 saturated heterocycles. The lowest BCUT2D eigenvalue weighted by molar-refractivity contribution is 0.176. The van der Waals surface area contributed by atoms with E-state index < -0.39 is 5.54 Å². The van der Waals surface area contributed by atoms with Crippen LogP contribution in [0.3, 0.4) is 0 Å². The predicted molar refractivity (Wildman–Crippen MR) is 72.7 cm³/mol. The average Bonchev–Trinajstić information content (AvgIpc) is 2.23. The maximum atomic E-state index is 8.85. The fourth-order valence-corrected chi connectivity index (χ4v) is 2.04. The van der Waals surface area contributed by atoms with Crippen LogP contribution in [0.4, 0.5) is 0 Å². The number of likely N-dealkylation sites (N-methyl/N-ethyl adjacent to an activating group) is 2. The first-order valence-electron chi connectivity index (χ1n) is 6.41. The molecule has 0 amide bonds. The van der Waals surface area contributed by atoms with Crippen molar-refractivity contribution in [3.8, 4) is 6.07 Å². The molecule has 4 heteroatoms. The lowest BCUT2D eigenvalue weighted by Crippen LogP contribution is -2.41. The summed E-state index contributed by atoms with van der Waals surface area (Å²) in [5.41, 5.74) is 5.14. The van der Waals surface area contributed by atoms with E-state index in [-0.39, 0.29) is 0 Å². The van der Waals surface area contributed by atoms with Crippen LogP contribution in [0.25, 0.3) is 0 Å². The number of nitriles is 1. The van der Waals surface area contributed by atoms with Gasteiger partial charge in [0.05, 0.1) is 6.07 Å². The Kier molecular flexibility index (Phi) is 7.37. The molecule has 0 aromatic carbocycles. The van der Waals surface area contributed by atoms with Crippen molar-refractivity contribution in [3.63, 3.8) is 0 Å². The van der Waals surface area contributed by atoms with Gasteiger partial charge in [-0.05, 0) is 53.9 Å². The molecule has 0 aromatic rings. The van der Waals surface area contributed by atoms with Gasteiger partial charge in [-0.3, -0.25) is 4.90 Å². The minimum absolute atomic E-state index is 0.543. The fourth-order valence-electron chi connectivity index (χ4n) is 2.04. The zero-order valence-electron chi connectivity index (χ0n) is 12.0. The molecule has 0 fully saturated rings. The number of nitrogens with zero attached hydrogens (tertiary/aromatic N) is 3. The third kappa shape index (κ3) is 7.32. The Hall–Kier alpha value is -0.630. The monoisotopic (exact) mass is 240 g/mol. The molecule has 2 N–H and O–H groups in total. The van der Waals surface area contributed by atoms with Crippen molar-refractivity contribution in [1.29, 1.82) is 5.26 Å². The van der Waals surface area contributed by atoms with Gasteiger partial charge in [0.2, 0.25) is 0 Å². The summed E-state index contributed by atoms with van der Waals surface area (Å²) in [4.78, 5) is 4.64. The summed E-state index contributed by atoms with van der Waals surface area (Å²) in [5, 5.41) is 8.85. The maximum Gasteiger partial charge on any atom is 0.101 e. The molecule has 0 radical (unpaired) electrons. The SMILES string of the molecule is CCN(CCCC(C)(N)C#N)C(C)CN(C)C. The summed E-state index contributed by atoms with van der Waals surface area (Å²) >= 11 is 0. The smallest absolute Gasteiger partial charge is 0.101 e. The highest BCUT2D eigenvalue weighted by Gasteiger charge is 2.18. The quantitative estimate of drug-likeness (QED) is 0.694. The van der Waals surface area contributed by atoms with Crippen LogP contribution in [-0.2, 0) is 0 Å². The average molecular weight is 240 g/mol. The second-order valence-corrected chi connectivity index (χ2v) is 5.37. The van der Waals surface area contributed by atoms with Gasteiger partial charge in [-0.1, -0.05) is 6.92 Å². The van der Waals surface area contributed by atoms with Crippen LogP contribution in [0, 0.1) is 11.3 Å². The molecule has 0 aliphatic carbocycles. The van der Waals surface area contributed by atoms with E-state index in [9.17, 15) is 0 Å². The van der Waals surface area contributed by atoms with Crippen molar-refractivity contribution < 1.29 is 0 Å². The van der Waals surface area contributed by atoms with Gasteiger partial charge in [0.15, 0.2) is 0 Å². The highest BCUT2D eigenvalue weighted by atomic mass is 15.2. The van der Waals surface area contributed by atoms with Crippen molar-refractivity contribution in [2.45, 2.75) is 45.2 Å². The molecule has 0 rings (SSSR count). The zero-order chi connectivity index (χ0) is 13.5.